The van der Waals surface area contributed by atoms with E-state index in [0.29, 0.717) is 18.8 Å². The molecule has 0 aromatic carbocycles. The molecule has 0 aliphatic heterocycles. The summed E-state index contributed by atoms with van der Waals surface area (Å²) in [6.45, 7) is 6.54. The van der Waals surface area contributed by atoms with E-state index in [9.17, 15) is 8.78 Å². The largest absolute Gasteiger partial charge is 0.248 e. The molecule has 0 N–H and O–H groups in total. The monoisotopic (exact) mass is 190 g/mol. The lowest BCUT2D eigenvalue weighted by Gasteiger charge is -2.32. The van der Waals surface area contributed by atoms with Crippen molar-refractivity contribution in [3.63, 3.8) is 0 Å². The van der Waals surface area contributed by atoms with Crippen molar-refractivity contribution in [1.29, 1.82) is 0 Å². The Bertz CT molecular complexity index is 157. The summed E-state index contributed by atoms with van der Waals surface area (Å²) in [6.07, 6.45) is 2.72. The maximum absolute atomic E-state index is 12.8. The topological polar surface area (TPSA) is 0 Å². The lowest BCUT2D eigenvalue weighted by Crippen LogP contribution is -2.26. The van der Waals surface area contributed by atoms with Crippen molar-refractivity contribution >= 4 is 0 Å². The van der Waals surface area contributed by atoms with Crippen molar-refractivity contribution in [1.82, 2.24) is 0 Å². The maximum atomic E-state index is 12.8. The van der Waals surface area contributed by atoms with Crippen molar-refractivity contribution in [2.75, 3.05) is 0 Å². The van der Waals surface area contributed by atoms with Gasteiger partial charge in [0.1, 0.15) is 0 Å². The maximum Gasteiger partial charge on any atom is 0.248 e. The molecule has 13 heavy (non-hydrogen) atoms. The van der Waals surface area contributed by atoms with Crippen LogP contribution in [-0.4, -0.2) is 5.92 Å². The molecule has 78 valence electrons. The minimum absolute atomic E-state index is 0.105. The van der Waals surface area contributed by atoms with Gasteiger partial charge in [-0.3, -0.25) is 0 Å². The second-order valence-corrected chi connectivity index (χ2v) is 5.56. The van der Waals surface area contributed by atoms with Crippen LogP contribution in [0.4, 0.5) is 8.78 Å². The van der Waals surface area contributed by atoms with Gasteiger partial charge in [-0.05, 0) is 30.6 Å². The summed E-state index contributed by atoms with van der Waals surface area (Å²) in [5.74, 6) is -1.84. The summed E-state index contributed by atoms with van der Waals surface area (Å²) in [4.78, 5) is 0. The van der Waals surface area contributed by atoms with Gasteiger partial charge >= 0.3 is 0 Å². The summed E-state index contributed by atoms with van der Waals surface area (Å²) >= 11 is 0. The van der Waals surface area contributed by atoms with E-state index in [0.717, 1.165) is 6.42 Å². The van der Waals surface area contributed by atoms with Crippen LogP contribution in [0, 0.1) is 11.3 Å². The van der Waals surface area contributed by atoms with E-state index in [1.54, 1.807) is 0 Å². The van der Waals surface area contributed by atoms with E-state index in [2.05, 4.69) is 20.8 Å². The minimum atomic E-state index is -2.37. The molecule has 0 amide bonds. The van der Waals surface area contributed by atoms with Crippen molar-refractivity contribution in [3.8, 4) is 0 Å². The fourth-order valence-corrected chi connectivity index (χ4v) is 2.17. The molecule has 2 heteroatoms. The predicted octanol–water partition coefficient (Wildman–Crippen LogP) is 4.25. The molecule has 1 aliphatic rings. The predicted molar refractivity (Wildman–Crippen MR) is 51.0 cm³/mol. The molecule has 0 unspecified atom stereocenters. The highest BCUT2D eigenvalue weighted by Gasteiger charge is 2.35. The van der Waals surface area contributed by atoms with E-state index in [-0.39, 0.29) is 18.3 Å². The van der Waals surface area contributed by atoms with Crippen molar-refractivity contribution in [2.24, 2.45) is 11.3 Å². The van der Waals surface area contributed by atoms with Gasteiger partial charge < -0.3 is 0 Å². The fraction of sp³-hybridized carbons (Fsp3) is 1.00. The molecule has 0 heterocycles. The number of alkyl halides is 2. The van der Waals surface area contributed by atoms with E-state index in [4.69, 9.17) is 0 Å². The third-order valence-corrected chi connectivity index (χ3v) is 2.74. The highest BCUT2D eigenvalue weighted by molar-refractivity contribution is 4.80. The first-order chi connectivity index (χ1) is 5.79. The zero-order valence-corrected chi connectivity index (χ0v) is 8.87. The van der Waals surface area contributed by atoms with E-state index < -0.39 is 5.92 Å². The van der Waals surface area contributed by atoms with Gasteiger partial charge in [-0.25, -0.2) is 8.78 Å². The normalized spacial score (nSPS) is 24.7. The van der Waals surface area contributed by atoms with Gasteiger partial charge in [0.25, 0.3) is 0 Å². The van der Waals surface area contributed by atoms with Gasteiger partial charge in [0, 0.05) is 12.8 Å². The summed E-state index contributed by atoms with van der Waals surface area (Å²) in [5, 5.41) is 0. The Labute approximate surface area is 79.7 Å². The van der Waals surface area contributed by atoms with Gasteiger partial charge in [-0.2, -0.15) is 0 Å². The molecular weight excluding hydrogens is 170 g/mol. The van der Waals surface area contributed by atoms with Crippen LogP contribution >= 0.6 is 0 Å². The van der Waals surface area contributed by atoms with E-state index in [1.807, 2.05) is 0 Å². The Kier molecular flexibility index (Phi) is 2.98. The van der Waals surface area contributed by atoms with Gasteiger partial charge in [0.2, 0.25) is 5.92 Å². The molecular formula is C11H20F2. The quantitative estimate of drug-likeness (QED) is 0.580. The Morgan fingerprint density at radius 2 is 1.62 bits per heavy atom. The van der Waals surface area contributed by atoms with Crippen LogP contribution in [-0.2, 0) is 0 Å². The molecule has 0 bridgehead atoms. The minimum Gasteiger partial charge on any atom is -0.207 e. The Morgan fingerprint density at radius 3 is 2.00 bits per heavy atom. The first kappa shape index (κ1) is 10.9. The molecule has 0 nitrogen and oxygen atoms in total. The van der Waals surface area contributed by atoms with Crippen LogP contribution in [0.3, 0.4) is 0 Å². The zero-order valence-electron chi connectivity index (χ0n) is 8.87. The highest BCUT2D eigenvalue weighted by atomic mass is 19.3. The Balaban J connectivity index is 2.34. The summed E-state index contributed by atoms with van der Waals surface area (Å²) in [7, 11) is 0. The smallest absolute Gasteiger partial charge is 0.207 e. The van der Waals surface area contributed by atoms with Crippen molar-refractivity contribution < 1.29 is 8.78 Å². The second-order valence-electron chi connectivity index (χ2n) is 5.56. The van der Waals surface area contributed by atoms with Crippen LogP contribution in [0.15, 0.2) is 0 Å². The van der Waals surface area contributed by atoms with Gasteiger partial charge in [0.15, 0.2) is 0 Å². The van der Waals surface area contributed by atoms with Crippen LogP contribution in [0.25, 0.3) is 0 Å². The summed E-state index contributed by atoms with van der Waals surface area (Å²) in [5.41, 5.74) is 0.289. The SMILES string of the molecule is CC(C)(C)CC1CCC(F)(F)CC1. The molecule has 0 aromatic rings. The molecule has 1 fully saturated rings. The van der Waals surface area contributed by atoms with Crippen molar-refractivity contribution in [3.05, 3.63) is 0 Å². The fourth-order valence-electron chi connectivity index (χ4n) is 2.17. The lowest BCUT2D eigenvalue weighted by molar-refractivity contribution is -0.0494. The van der Waals surface area contributed by atoms with Gasteiger partial charge in [0.05, 0.1) is 0 Å². The molecule has 0 spiro atoms. The molecule has 0 atom stereocenters. The zero-order chi connectivity index (χ0) is 10.1. The Hall–Kier alpha value is -0.140. The summed E-state index contributed by atoms with van der Waals surface area (Å²) in [6, 6.07) is 0. The average Bonchev–Trinajstić information content (AvgIpc) is 1.91. The third-order valence-electron chi connectivity index (χ3n) is 2.74. The number of rotatable bonds is 1. The third kappa shape index (κ3) is 4.06. The molecule has 0 radical (unpaired) electrons. The van der Waals surface area contributed by atoms with Crippen LogP contribution in [0.2, 0.25) is 0 Å². The number of halogens is 2. The first-order valence-corrected chi connectivity index (χ1v) is 5.16. The van der Waals surface area contributed by atoms with Gasteiger partial charge in [-0.1, -0.05) is 20.8 Å². The molecule has 1 aliphatic carbocycles. The number of hydrogen-bond acceptors (Lipinski definition) is 0. The van der Waals surface area contributed by atoms with Gasteiger partial charge in [-0.15, -0.1) is 0 Å². The lowest BCUT2D eigenvalue weighted by atomic mass is 9.77. The summed E-state index contributed by atoms with van der Waals surface area (Å²) < 4.78 is 25.6. The van der Waals surface area contributed by atoms with E-state index >= 15 is 0 Å². The molecule has 0 aromatic heterocycles. The Morgan fingerprint density at radius 1 is 1.15 bits per heavy atom. The molecule has 1 rings (SSSR count). The van der Waals surface area contributed by atoms with E-state index in [1.165, 1.54) is 0 Å². The second kappa shape index (κ2) is 3.55. The van der Waals surface area contributed by atoms with Crippen LogP contribution in [0.1, 0.15) is 52.9 Å². The average molecular weight is 190 g/mol. The molecule has 1 saturated carbocycles. The first-order valence-electron chi connectivity index (χ1n) is 5.16. The van der Waals surface area contributed by atoms with Crippen LogP contribution < -0.4 is 0 Å². The van der Waals surface area contributed by atoms with Crippen molar-refractivity contribution in [2.45, 2.75) is 58.8 Å². The number of hydrogen-bond donors (Lipinski definition) is 0. The molecule has 0 saturated heterocycles. The highest BCUT2D eigenvalue weighted by Crippen LogP contribution is 2.40. The van der Waals surface area contributed by atoms with Crippen LogP contribution in [0.5, 0.6) is 0 Å². The standard InChI is InChI=1S/C11H20F2/c1-10(2,3)8-9-4-6-11(12,13)7-5-9/h9H,4-8H2,1-3H3.